The van der Waals surface area contributed by atoms with Crippen LogP contribution in [0.2, 0.25) is 0 Å². The van der Waals surface area contributed by atoms with Crippen LogP contribution in [0.25, 0.3) is 0 Å². The molecule has 4 aliphatic carbocycles. The highest BCUT2D eigenvalue weighted by atomic mass is 16.5. The van der Waals surface area contributed by atoms with E-state index in [1.54, 1.807) is 0 Å². The number of esters is 1. The van der Waals surface area contributed by atoms with Crippen LogP contribution in [-0.4, -0.2) is 46.1 Å². The van der Waals surface area contributed by atoms with Crippen molar-refractivity contribution in [2.24, 2.45) is 34.0 Å². The number of carbonyl (C=O) groups is 3. The van der Waals surface area contributed by atoms with Crippen molar-refractivity contribution in [3.8, 4) is 0 Å². The Labute approximate surface area is 165 Å². The first-order valence-electron chi connectivity index (χ1n) is 10.2. The van der Waals surface area contributed by atoms with Crippen LogP contribution in [0.4, 0.5) is 0 Å². The standard InChI is InChI=1S/C22H30O6/c1-10-12-6-13(24)18-21(5)15(26)7-16(28-11(2)23)20(3,4)17(21)14(25)9-22(18,8-12)19(10)27/h12-13,15-18,24,26H,1,6-9H2,2-5H3. The van der Waals surface area contributed by atoms with Crippen molar-refractivity contribution in [3.05, 3.63) is 12.2 Å². The lowest BCUT2D eigenvalue weighted by Gasteiger charge is -2.65. The minimum absolute atomic E-state index is 0.0618. The van der Waals surface area contributed by atoms with Gasteiger partial charge in [0.1, 0.15) is 11.9 Å². The van der Waals surface area contributed by atoms with E-state index < -0.39 is 52.4 Å². The molecule has 0 amide bonds. The topological polar surface area (TPSA) is 101 Å². The summed E-state index contributed by atoms with van der Waals surface area (Å²) < 4.78 is 5.49. The zero-order valence-electron chi connectivity index (χ0n) is 17.0. The lowest BCUT2D eigenvalue weighted by molar-refractivity contribution is -0.241. The number of ketones is 2. The lowest BCUT2D eigenvalue weighted by atomic mass is 9.39. The number of fused-ring (bicyclic) bond motifs is 3. The summed E-state index contributed by atoms with van der Waals surface area (Å²) in [6, 6.07) is 0. The van der Waals surface area contributed by atoms with Gasteiger partial charge in [0, 0.05) is 47.8 Å². The number of allylic oxidation sites excluding steroid dienone is 1. The van der Waals surface area contributed by atoms with E-state index >= 15 is 0 Å². The Morgan fingerprint density at radius 1 is 1.18 bits per heavy atom. The summed E-state index contributed by atoms with van der Waals surface area (Å²) in [6.07, 6.45) is -1.13. The van der Waals surface area contributed by atoms with Crippen LogP contribution in [0.3, 0.4) is 0 Å². The van der Waals surface area contributed by atoms with E-state index in [4.69, 9.17) is 4.74 Å². The number of hydrogen-bond acceptors (Lipinski definition) is 6. The van der Waals surface area contributed by atoms with Gasteiger partial charge in [-0.05, 0) is 24.3 Å². The lowest BCUT2D eigenvalue weighted by Crippen LogP contribution is -2.71. The van der Waals surface area contributed by atoms with Crippen LogP contribution in [0.5, 0.6) is 0 Å². The van der Waals surface area contributed by atoms with Gasteiger partial charge in [0.05, 0.1) is 12.2 Å². The average Bonchev–Trinajstić information content (AvgIpc) is 2.73. The van der Waals surface area contributed by atoms with Gasteiger partial charge in [-0.1, -0.05) is 27.4 Å². The summed E-state index contributed by atoms with van der Waals surface area (Å²) in [7, 11) is 0. The Morgan fingerprint density at radius 2 is 1.82 bits per heavy atom. The second kappa shape index (κ2) is 5.76. The van der Waals surface area contributed by atoms with Crippen LogP contribution in [0.1, 0.15) is 53.4 Å². The molecular formula is C22H30O6. The number of hydrogen-bond donors (Lipinski definition) is 2. The van der Waals surface area contributed by atoms with Crippen LogP contribution in [0, 0.1) is 34.0 Å². The Bertz CT molecular complexity index is 784. The Morgan fingerprint density at radius 3 is 2.43 bits per heavy atom. The highest BCUT2D eigenvalue weighted by Crippen LogP contribution is 2.70. The third-order valence-electron chi connectivity index (χ3n) is 8.49. The first-order valence-corrected chi connectivity index (χ1v) is 10.2. The van der Waals surface area contributed by atoms with E-state index in [-0.39, 0.29) is 30.3 Å². The molecule has 2 bridgehead atoms. The number of rotatable bonds is 1. The van der Waals surface area contributed by atoms with Crippen molar-refractivity contribution >= 4 is 17.5 Å². The molecule has 28 heavy (non-hydrogen) atoms. The van der Waals surface area contributed by atoms with Gasteiger partial charge in [-0.2, -0.15) is 0 Å². The molecule has 4 saturated carbocycles. The van der Waals surface area contributed by atoms with Gasteiger partial charge in [0.15, 0.2) is 5.78 Å². The van der Waals surface area contributed by atoms with E-state index in [0.717, 1.165) is 0 Å². The summed E-state index contributed by atoms with van der Waals surface area (Å²) in [5.74, 6) is -1.87. The maximum Gasteiger partial charge on any atom is 0.302 e. The van der Waals surface area contributed by atoms with Crippen molar-refractivity contribution in [2.45, 2.75) is 71.7 Å². The number of ether oxygens (including phenoxy) is 1. The van der Waals surface area contributed by atoms with Gasteiger partial charge in [0.2, 0.25) is 0 Å². The fourth-order valence-electron chi connectivity index (χ4n) is 7.62. The molecule has 0 radical (unpaired) electrons. The molecule has 6 nitrogen and oxygen atoms in total. The third-order valence-corrected chi connectivity index (χ3v) is 8.49. The average molecular weight is 390 g/mol. The summed E-state index contributed by atoms with van der Waals surface area (Å²) in [5.41, 5.74) is -2.14. The fourth-order valence-corrected chi connectivity index (χ4v) is 7.62. The molecule has 8 atom stereocenters. The quantitative estimate of drug-likeness (QED) is 0.523. The Balaban J connectivity index is 1.86. The van der Waals surface area contributed by atoms with E-state index in [1.165, 1.54) is 6.92 Å². The zero-order valence-corrected chi connectivity index (χ0v) is 17.0. The normalized spacial score (nSPS) is 49.4. The highest BCUT2D eigenvalue weighted by molar-refractivity contribution is 6.06. The molecule has 0 aliphatic heterocycles. The molecule has 4 rings (SSSR count). The molecule has 0 aromatic rings. The number of aliphatic hydroxyl groups is 2. The van der Waals surface area contributed by atoms with Gasteiger partial charge in [-0.25, -0.2) is 0 Å². The molecule has 154 valence electrons. The SMILES string of the molecule is C=C1C(=O)C23CC(=O)C4C(C)(C)C(OC(C)=O)CC(O)C4(C)C2C(O)CC1C3. The predicted octanol–water partition coefficient (Wildman–Crippen LogP) is 1.82. The monoisotopic (exact) mass is 390 g/mol. The molecule has 2 N–H and O–H groups in total. The van der Waals surface area contributed by atoms with Gasteiger partial charge < -0.3 is 14.9 Å². The largest absolute Gasteiger partial charge is 0.462 e. The number of Topliss-reactive ketones (excluding diaryl/α,β-unsaturated/α-hetero) is 2. The summed E-state index contributed by atoms with van der Waals surface area (Å²) >= 11 is 0. The molecule has 4 aliphatic rings. The second-order valence-electron chi connectivity index (χ2n) is 10.3. The van der Waals surface area contributed by atoms with Crippen molar-refractivity contribution in [2.75, 3.05) is 0 Å². The molecule has 6 heteroatoms. The van der Waals surface area contributed by atoms with Crippen molar-refractivity contribution < 1.29 is 29.3 Å². The van der Waals surface area contributed by atoms with Crippen LogP contribution in [-0.2, 0) is 19.1 Å². The minimum atomic E-state index is -0.972. The highest BCUT2D eigenvalue weighted by Gasteiger charge is 2.74. The van der Waals surface area contributed by atoms with Crippen LogP contribution >= 0.6 is 0 Å². The molecule has 8 unspecified atom stereocenters. The summed E-state index contributed by atoms with van der Waals surface area (Å²) in [5, 5.41) is 22.3. The van der Waals surface area contributed by atoms with Gasteiger partial charge >= 0.3 is 5.97 Å². The molecule has 4 fully saturated rings. The van der Waals surface area contributed by atoms with Crippen LogP contribution in [0.15, 0.2) is 12.2 Å². The Kier molecular flexibility index (Phi) is 4.07. The summed E-state index contributed by atoms with van der Waals surface area (Å²) in [6.45, 7) is 10.9. The molecule has 1 spiro atoms. The van der Waals surface area contributed by atoms with Gasteiger partial charge in [0.25, 0.3) is 0 Å². The maximum atomic E-state index is 13.5. The molecule has 0 aromatic carbocycles. The van der Waals surface area contributed by atoms with E-state index in [0.29, 0.717) is 18.4 Å². The van der Waals surface area contributed by atoms with Gasteiger partial charge in [-0.3, -0.25) is 14.4 Å². The predicted molar refractivity (Wildman–Crippen MR) is 100.0 cm³/mol. The molecule has 0 saturated heterocycles. The number of aliphatic hydroxyl groups excluding tert-OH is 2. The molecule has 0 heterocycles. The van der Waals surface area contributed by atoms with E-state index in [1.807, 2.05) is 20.8 Å². The number of carbonyl (C=O) groups excluding carboxylic acids is 3. The van der Waals surface area contributed by atoms with Crippen LogP contribution < -0.4 is 0 Å². The van der Waals surface area contributed by atoms with Crippen molar-refractivity contribution in [1.29, 1.82) is 0 Å². The fraction of sp³-hybridized carbons (Fsp3) is 0.773. The summed E-state index contributed by atoms with van der Waals surface area (Å²) in [4.78, 5) is 38.3. The smallest absolute Gasteiger partial charge is 0.302 e. The van der Waals surface area contributed by atoms with Crippen molar-refractivity contribution in [1.82, 2.24) is 0 Å². The van der Waals surface area contributed by atoms with Gasteiger partial charge in [-0.15, -0.1) is 0 Å². The van der Waals surface area contributed by atoms with E-state index in [9.17, 15) is 24.6 Å². The first-order chi connectivity index (χ1) is 12.9. The van der Waals surface area contributed by atoms with E-state index in [2.05, 4.69) is 6.58 Å². The van der Waals surface area contributed by atoms with Crippen molar-refractivity contribution in [3.63, 3.8) is 0 Å². The Hall–Kier alpha value is -1.53. The molecular weight excluding hydrogens is 360 g/mol. The molecule has 0 aromatic heterocycles. The zero-order chi connectivity index (χ0) is 20.8. The third kappa shape index (κ3) is 2.19. The minimum Gasteiger partial charge on any atom is -0.462 e. The first kappa shape index (κ1) is 19.8. The second-order valence-corrected chi connectivity index (χ2v) is 10.3. The maximum absolute atomic E-state index is 13.5.